The monoisotopic (exact) mass is 460 g/mol. The van der Waals surface area contributed by atoms with E-state index in [1.807, 2.05) is 48.2 Å². The second kappa shape index (κ2) is 9.44. The minimum absolute atomic E-state index is 0.0730. The molecule has 0 aliphatic carbocycles. The highest BCUT2D eigenvalue weighted by Gasteiger charge is 2.30. The summed E-state index contributed by atoms with van der Waals surface area (Å²) in [5, 5.41) is 12.4. The number of ether oxygens (including phenoxy) is 2. The Morgan fingerprint density at radius 2 is 2.03 bits per heavy atom. The summed E-state index contributed by atoms with van der Waals surface area (Å²) in [5.74, 6) is 1.02. The first-order valence-electron chi connectivity index (χ1n) is 10.9. The van der Waals surface area contributed by atoms with Gasteiger partial charge in [0.1, 0.15) is 5.75 Å². The maximum Gasteiger partial charge on any atom is 0.256 e. The molecule has 1 saturated heterocycles. The standard InChI is InChI=1S/C24H24N6O4/c1-16-3-5-21(30-26-7-8-27-30)19(11-16)24(31)29-9-10-33-14-18(29)12-17-4-6-22(32-2)20(13-17)23-25-15-34-28-23/h3-8,11,13,15,18H,9-10,12,14H2,1-2H3. The van der Waals surface area contributed by atoms with Crippen molar-refractivity contribution in [1.29, 1.82) is 0 Å². The smallest absolute Gasteiger partial charge is 0.256 e. The highest BCUT2D eigenvalue weighted by Crippen LogP contribution is 2.30. The van der Waals surface area contributed by atoms with Gasteiger partial charge in [0.25, 0.3) is 5.91 Å². The molecule has 0 bridgehead atoms. The van der Waals surface area contributed by atoms with Crippen LogP contribution in [0.2, 0.25) is 0 Å². The van der Waals surface area contributed by atoms with E-state index in [1.165, 1.54) is 11.2 Å². The fourth-order valence-electron chi connectivity index (χ4n) is 4.20. The summed E-state index contributed by atoms with van der Waals surface area (Å²) >= 11 is 0. The second-order valence-electron chi connectivity index (χ2n) is 8.06. The van der Waals surface area contributed by atoms with Gasteiger partial charge in [-0.3, -0.25) is 4.79 Å². The van der Waals surface area contributed by atoms with Gasteiger partial charge < -0.3 is 18.9 Å². The normalized spacial score (nSPS) is 15.9. The van der Waals surface area contributed by atoms with Gasteiger partial charge in [-0.15, -0.1) is 0 Å². The minimum Gasteiger partial charge on any atom is -0.496 e. The average molecular weight is 460 g/mol. The summed E-state index contributed by atoms with van der Waals surface area (Å²) in [6, 6.07) is 11.4. The Balaban J connectivity index is 1.45. The van der Waals surface area contributed by atoms with Crippen LogP contribution in [0.25, 0.3) is 17.1 Å². The number of carbonyl (C=O) groups is 1. The summed E-state index contributed by atoms with van der Waals surface area (Å²) < 4.78 is 16.1. The molecular weight excluding hydrogens is 436 g/mol. The lowest BCUT2D eigenvalue weighted by molar-refractivity contribution is -0.00165. The molecule has 2 aromatic carbocycles. The van der Waals surface area contributed by atoms with Crippen molar-refractivity contribution in [1.82, 2.24) is 30.0 Å². The van der Waals surface area contributed by atoms with E-state index in [2.05, 4.69) is 20.3 Å². The Kier molecular flexibility index (Phi) is 6.05. The molecule has 10 heteroatoms. The van der Waals surface area contributed by atoms with E-state index in [-0.39, 0.29) is 11.9 Å². The molecule has 2 aromatic heterocycles. The third-order valence-corrected chi connectivity index (χ3v) is 5.84. The summed E-state index contributed by atoms with van der Waals surface area (Å²) in [5.41, 5.74) is 3.94. The molecule has 5 rings (SSSR count). The Hall–Kier alpha value is -4.05. The second-order valence-corrected chi connectivity index (χ2v) is 8.06. The van der Waals surface area contributed by atoms with Gasteiger partial charge in [0, 0.05) is 6.54 Å². The van der Waals surface area contributed by atoms with Crippen LogP contribution in [0.1, 0.15) is 21.5 Å². The molecule has 10 nitrogen and oxygen atoms in total. The van der Waals surface area contributed by atoms with Crippen molar-refractivity contribution in [2.75, 3.05) is 26.9 Å². The van der Waals surface area contributed by atoms with Crippen molar-refractivity contribution in [2.24, 2.45) is 0 Å². The van der Waals surface area contributed by atoms with Crippen LogP contribution in [0.15, 0.2) is 59.7 Å². The van der Waals surface area contributed by atoms with Crippen LogP contribution in [-0.4, -0.2) is 68.9 Å². The zero-order valence-electron chi connectivity index (χ0n) is 18.9. The van der Waals surface area contributed by atoms with Crippen LogP contribution in [0, 0.1) is 6.92 Å². The molecule has 34 heavy (non-hydrogen) atoms. The molecule has 1 atom stereocenters. The molecule has 4 aromatic rings. The first-order valence-corrected chi connectivity index (χ1v) is 10.9. The number of methoxy groups -OCH3 is 1. The molecule has 3 heterocycles. The van der Waals surface area contributed by atoms with Crippen molar-refractivity contribution in [3.05, 3.63) is 71.9 Å². The number of amides is 1. The van der Waals surface area contributed by atoms with Crippen molar-refractivity contribution in [3.8, 4) is 22.8 Å². The zero-order chi connectivity index (χ0) is 23.5. The molecule has 1 aliphatic rings. The number of carbonyl (C=O) groups excluding carboxylic acids is 1. The first kappa shape index (κ1) is 21.8. The predicted molar refractivity (Wildman–Crippen MR) is 122 cm³/mol. The fourth-order valence-corrected chi connectivity index (χ4v) is 4.20. The number of aryl methyl sites for hydroxylation is 1. The first-order chi connectivity index (χ1) is 16.6. The Bertz CT molecular complexity index is 1270. The van der Waals surface area contributed by atoms with Gasteiger partial charge in [0.2, 0.25) is 12.2 Å². The molecule has 1 amide bonds. The topological polar surface area (TPSA) is 108 Å². The van der Waals surface area contributed by atoms with E-state index in [4.69, 9.17) is 14.0 Å². The number of hydrogen-bond donors (Lipinski definition) is 0. The van der Waals surface area contributed by atoms with Crippen molar-refractivity contribution < 1.29 is 18.8 Å². The summed E-state index contributed by atoms with van der Waals surface area (Å²) in [7, 11) is 1.60. The van der Waals surface area contributed by atoms with Gasteiger partial charge in [-0.2, -0.15) is 20.0 Å². The molecule has 0 N–H and O–H groups in total. The van der Waals surface area contributed by atoms with Crippen LogP contribution >= 0.6 is 0 Å². The zero-order valence-corrected chi connectivity index (χ0v) is 18.9. The fraction of sp³-hybridized carbons (Fsp3) is 0.292. The third kappa shape index (κ3) is 4.27. The van der Waals surface area contributed by atoms with Gasteiger partial charge in [-0.25, -0.2) is 0 Å². The lowest BCUT2D eigenvalue weighted by Crippen LogP contribution is -2.50. The lowest BCUT2D eigenvalue weighted by atomic mass is 9.99. The van der Waals surface area contributed by atoms with Crippen LogP contribution < -0.4 is 4.74 Å². The highest BCUT2D eigenvalue weighted by atomic mass is 16.5. The highest BCUT2D eigenvalue weighted by molar-refractivity contribution is 5.98. The van der Waals surface area contributed by atoms with Crippen LogP contribution in [-0.2, 0) is 11.2 Å². The maximum atomic E-state index is 13.8. The maximum absolute atomic E-state index is 13.8. The summed E-state index contributed by atoms with van der Waals surface area (Å²) in [6.45, 7) is 3.39. The SMILES string of the molecule is COc1ccc(CC2COCCN2C(=O)c2cc(C)ccc2-n2nccn2)cc1-c1ncon1. The number of hydrogen-bond acceptors (Lipinski definition) is 8. The van der Waals surface area contributed by atoms with Crippen molar-refractivity contribution in [2.45, 2.75) is 19.4 Å². The van der Waals surface area contributed by atoms with Crippen LogP contribution in [0.4, 0.5) is 0 Å². The molecular formula is C24H24N6O4. The van der Waals surface area contributed by atoms with E-state index >= 15 is 0 Å². The number of nitrogens with zero attached hydrogens (tertiary/aromatic N) is 6. The van der Waals surface area contributed by atoms with Gasteiger partial charge in [0.15, 0.2) is 0 Å². The van der Waals surface area contributed by atoms with Crippen LogP contribution in [0.5, 0.6) is 5.75 Å². The third-order valence-electron chi connectivity index (χ3n) is 5.84. The predicted octanol–water partition coefficient (Wildman–Crippen LogP) is 2.72. The van der Waals surface area contributed by atoms with E-state index < -0.39 is 0 Å². The molecule has 1 unspecified atom stereocenters. The van der Waals surface area contributed by atoms with E-state index in [9.17, 15) is 4.79 Å². The molecule has 1 fully saturated rings. The minimum atomic E-state index is -0.147. The number of rotatable bonds is 6. The molecule has 0 radical (unpaired) electrons. The molecule has 0 saturated carbocycles. The Labute approximate surface area is 196 Å². The quantitative estimate of drug-likeness (QED) is 0.432. The molecule has 174 valence electrons. The molecule has 1 aliphatic heterocycles. The van der Waals surface area contributed by atoms with Crippen molar-refractivity contribution in [3.63, 3.8) is 0 Å². The van der Waals surface area contributed by atoms with E-state index in [0.29, 0.717) is 49.0 Å². The van der Waals surface area contributed by atoms with Gasteiger partial charge in [-0.1, -0.05) is 22.9 Å². The Morgan fingerprint density at radius 1 is 1.18 bits per heavy atom. The number of benzene rings is 2. The number of aromatic nitrogens is 5. The van der Waals surface area contributed by atoms with Gasteiger partial charge in [-0.05, 0) is 43.2 Å². The molecule has 0 spiro atoms. The van der Waals surface area contributed by atoms with E-state index in [1.54, 1.807) is 19.5 Å². The Morgan fingerprint density at radius 3 is 2.79 bits per heavy atom. The summed E-state index contributed by atoms with van der Waals surface area (Å²) in [4.78, 5) is 21.3. The average Bonchev–Trinajstić information content (AvgIpc) is 3.59. The summed E-state index contributed by atoms with van der Waals surface area (Å²) in [6.07, 6.45) is 5.07. The number of morpholine rings is 1. The van der Waals surface area contributed by atoms with Crippen LogP contribution in [0.3, 0.4) is 0 Å². The lowest BCUT2D eigenvalue weighted by Gasteiger charge is -2.36. The van der Waals surface area contributed by atoms with Gasteiger partial charge >= 0.3 is 0 Å². The van der Waals surface area contributed by atoms with E-state index in [0.717, 1.165) is 16.7 Å². The largest absolute Gasteiger partial charge is 0.496 e. The van der Waals surface area contributed by atoms with Crippen molar-refractivity contribution >= 4 is 5.91 Å². The van der Waals surface area contributed by atoms with Gasteiger partial charge in [0.05, 0.1) is 55.6 Å².